The maximum absolute atomic E-state index is 11.6. The van der Waals surface area contributed by atoms with Gasteiger partial charge in [-0.25, -0.2) is 10.5 Å². The first kappa shape index (κ1) is 11.4. The molecule has 0 bridgehead atoms. The first-order chi connectivity index (χ1) is 8.31. The van der Waals surface area contributed by atoms with E-state index in [4.69, 9.17) is 9.94 Å². The Hall–Kier alpha value is -2.05. The van der Waals surface area contributed by atoms with Crippen LogP contribution in [0, 0.1) is 0 Å². The molecule has 2 aromatic heterocycles. The zero-order valence-corrected chi connectivity index (χ0v) is 8.96. The quantitative estimate of drug-likeness (QED) is 0.585. The van der Waals surface area contributed by atoms with Gasteiger partial charge in [-0.15, -0.1) is 0 Å². The van der Waals surface area contributed by atoms with Crippen molar-refractivity contribution in [2.24, 2.45) is 0 Å². The summed E-state index contributed by atoms with van der Waals surface area (Å²) in [5, 5.41) is 9.32. The minimum atomic E-state index is -0.454. The summed E-state index contributed by atoms with van der Waals surface area (Å²) >= 11 is 0. The predicted molar refractivity (Wildman–Crippen MR) is 60.0 cm³/mol. The van der Waals surface area contributed by atoms with Gasteiger partial charge in [-0.3, -0.25) is 14.6 Å². The van der Waals surface area contributed by atoms with Crippen LogP contribution < -0.4 is 5.48 Å². The zero-order chi connectivity index (χ0) is 12.1. The Morgan fingerprint density at radius 2 is 2.35 bits per heavy atom. The summed E-state index contributed by atoms with van der Waals surface area (Å²) in [4.78, 5) is 24.3. The molecule has 0 saturated heterocycles. The van der Waals surface area contributed by atoms with Crippen molar-refractivity contribution >= 4 is 16.8 Å². The fraction of sp³-hybridized carbons (Fsp3) is 0.182. The van der Waals surface area contributed by atoms with E-state index in [1.54, 1.807) is 18.3 Å². The van der Waals surface area contributed by atoms with Gasteiger partial charge in [0.05, 0.1) is 24.9 Å². The summed E-state index contributed by atoms with van der Waals surface area (Å²) in [6.07, 6.45) is 3.18. The molecule has 17 heavy (non-hydrogen) atoms. The Balaban J connectivity index is 2.15. The molecule has 0 aliphatic rings. The molecule has 2 heterocycles. The number of amides is 1. The van der Waals surface area contributed by atoms with Gasteiger partial charge in [-0.1, -0.05) is 6.07 Å². The maximum atomic E-state index is 11.6. The highest BCUT2D eigenvalue weighted by molar-refractivity contribution is 5.94. The van der Waals surface area contributed by atoms with E-state index in [0.29, 0.717) is 0 Å². The zero-order valence-electron chi connectivity index (χ0n) is 8.96. The lowest BCUT2D eigenvalue weighted by Crippen LogP contribution is -2.25. The Morgan fingerprint density at radius 3 is 3.18 bits per heavy atom. The lowest BCUT2D eigenvalue weighted by atomic mass is 10.2. The van der Waals surface area contributed by atoms with Gasteiger partial charge in [0.15, 0.2) is 0 Å². The van der Waals surface area contributed by atoms with Gasteiger partial charge >= 0.3 is 0 Å². The van der Waals surface area contributed by atoms with Gasteiger partial charge in [0, 0.05) is 11.6 Å². The summed E-state index contributed by atoms with van der Waals surface area (Å²) in [7, 11) is 0. The van der Waals surface area contributed by atoms with Crippen molar-refractivity contribution in [2.45, 2.75) is 0 Å². The minimum absolute atomic E-state index is 0.0425. The Morgan fingerprint density at radius 1 is 1.47 bits per heavy atom. The topological polar surface area (TPSA) is 84.3 Å². The molecule has 0 aliphatic heterocycles. The summed E-state index contributed by atoms with van der Waals surface area (Å²) in [5.74, 6) is -0.454. The van der Waals surface area contributed by atoms with Crippen LogP contribution in [0.15, 0.2) is 30.6 Å². The van der Waals surface area contributed by atoms with Crippen molar-refractivity contribution < 1.29 is 14.7 Å². The molecule has 0 fully saturated rings. The van der Waals surface area contributed by atoms with E-state index in [1.165, 1.54) is 6.20 Å². The third-order valence-corrected chi connectivity index (χ3v) is 2.08. The van der Waals surface area contributed by atoms with Crippen molar-refractivity contribution in [3.8, 4) is 0 Å². The lowest BCUT2D eigenvalue weighted by molar-refractivity contribution is 0.0165. The van der Waals surface area contributed by atoms with Gasteiger partial charge in [0.25, 0.3) is 5.91 Å². The molecule has 0 atom stereocenters. The average molecular weight is 233 g/mol. The van der Waals surface area contributed by atoms with E-state index in [9.17, 15) is 4.79 Å². The Bertz CT molecular complexity index is 530. The molecule has 6 nitrogen and oxygen atoms in total. The largest absolute Gasteiger partial charge is 0.394 e. The van der Waals surface area contributed by atoms with Crippen molar-refractivity contribution in [2.75, 3.05) is 13.2 Å². The second-order valence-corrected chi connectivity index (χ2v) is 3.27. The molecule has 1 amide bonds. The van der Waals surface area contributed by atoms with Crippen LogP contribution in [0.4, 0.5) is 0 Å². The van der Waals surface area contributed by atoms with Gasteiger partial charge in [0.1, 0.15) is 5.69 Å². The summed E-state index contributed by atoms with van der Waals surface area (Å²) in [6.45, 7) is -0.115. The molecule has 0 spiro atoms. The van der Waals surface area contributed by atoms with E-state index < -0.39 is 5.91 Å². The second-order valence-electron chi connectivity index (χ2n) is 3.27. The number of carbonyl (C=O) groups excluding carboxylic acids is 1. The van der Waals surface area contributed by atoms with Crippen LogP contribution in [0.1, 0.15) is 10.5 Å². The number of pyridine rings is 2. The Labute approximate surface area is 97.2 Å². The van der Waals surface area contributed by atoms with Crippen molar-refractivity contribution in [3.63, 3.8) is 0 Å². The first-order valence-electron chi connectivity index (χ1n) is 5.05. The van der Waals surface area contributed by atoms with Crippen molar-refractivity contribution in [1.82, 2.24) is 15.4 Å². The molecule has 88 valence electrons. The van der Waals surface area contributed by atoms with Crippen LogP contribution in [0.5, 0.6) is 0 Å². The second kappa shape index (κ2) is 5.33. The Kier molecular flexibility index (Phi) is 3.59. The van der Waals surface area contributed by atoms with Gasteiger partial charge in [-0.05, 0) is 12.1 Å². The van der Waals surface area contributed by atoms with Gasteiger partial charge in [-0.2, -0.15) is 0 Å². The molecule has 0 radical (unpaired) electrons. The lowest BCUT2D eigenvalue weighted by Gasteiger charge is -2.04. The van der Waals surface area contributed by atoms with Crippen LogP contribution in [0.25, 0.3) is 10.9 Å². The maximum Gasteiger partial charge on any atom is 0.293 e. The predicted octanol–water partition coefficient (Wildman–Crippen LogP) is 0.283. The number of aromatic nitrogens is 2. The monoisotopic (exact) mass is 233 g/mol. The van der Waals surface area contributed by atoms with Crippen LogP contribution in [-0.4, -0.2) is 34.2 Å². The number of rotatable bonds is 4. The minimum Gasteiger partial charge on any atom is -0.394 e. The molecule has 2 rings (SSSR count). The molecule has 0 aromatic carbocycles. The van der Waals surface area contributed by atoms with E-state index in [0.717, 1.165) is 10.9 Å². The number of nitrogens with one attached hydrogen (secondary N) is 1. The highest BCUT2D eigenvalue weighted by atomic mass is 16.7. The van der Waals surface area contributed by atoms with Crippen molar-refractivity contribution in [1.29, 1.82) is 0 Å². The fourth-order valence-corrected chi connectivity index (χ4v) is 1.31. The van der Waals surface area contributed by atoms with Crippen molar-refractivity contribution in [3.05, 3.63) is 36.3 Å². The number of hydroxylamine groups is 1. The van der Waals surface area contributed by atoms with Crippen LogP contribution >= 0.6 is 0 Å². The number of nitrogens with zero attached hydrogens (tertiary/aromatic N) is 2. The molecule has 2 N–H and O–H groups in total. The number of carbonyl (C=O) groups is 1. The average Bonchev–Trinajstić information content (AvgIpc) is 2.38. The molecular weight excluding hydrogens is 222 g/mol. The fourth-order valence-electron chi connectivity index (χ4n) is 1.31. The highest BCUT2D eigenvalue weighted by Gasteiger charge is 2.07. The molecule has 0 aliphatic carbocycles. The molecular formula is C11H11N3O3. The molecule has 0 saturated carbocycles. The van der Waals surface area contributed by atoms with E-state index in [-0.39, 0.29) is 18.9 Å². The van der Waals surface area contributed by atoms with E-state index >= 15 is 0 Å². The van der Waals surface area contributed by atoms with Gasteiger partial charge in [0.2, 0.25) is 0 Å². The molecule has 6 heteroatoms. The van der Waals surface area contributed by atoms with E-state index in [1.807, 2.05) is 6.07 Å². The number of hydrogen-bond donors (Lipinski definition) is 2. The smallest absolute Gasteiger partial charge is 0.293 e. The standard InChI is InChI=1S/C11H11N3O3/c15-4-5-17-14-11(16)9-6-8-2-1-3-12-10(8)7-13-9/h1-3,6-7,15H,4-5H2,(H,14,16). The third-order valence-electron chi connectivity index (χ3n) is 2.08. The van der Waals surface area contributed by atoms with E-state index in [2.05, 4.69) is 15.4 Å². The number of aliphatic hydroxyl groups excluding tert-OH is 1. The molecule has 0 unspecified atom stereocenters. The normalized spacial score (nSPS) is 10.4. The number of aliphatic hydroxyl groups is 1. The summed E-state index contributed by atoms with van der Waals surface area (Å²) in [6, 6.07) is 5.25. The van der Waals surface area contributed by atoms with Crippen LogP contribution in [0.2, 0.25) is 0 Å². The SMILES string of the molecule is O=C(NOCCO)c1cc2cccnc2cn1. The first-order valence-corrected chi connectivity index (χ1v) is 5.05. The highest BCUT2D eigenvalue weighted by Crippen LogP contribution is 2.10. The third kappa shape index (κ3) is 2.74. The number of fused-ring (bicyclic) bond motifs is 1. The summed E-state index contributed by atoms with van der Waals surface area (Å²) < 4.78 is 0. The number of hydrogen-bond acceptors (Lipinski definition) is 5. The van der Waals surface area contributed by atoms with Crippen LogP contribution in [0.3, 0.4) is 0 Å². The van der Waals surface area contributed by atoms with Crippen LogP contribution in [-0.2, 0) is 4.84 Å². The molecule has 2 aromatic rings. The summed E-state index contributed by atoms with van der Waals surface area (Å²) in [5.41, 5.74) is 3.14. The van der Waals surface area contributed by atoms with Gasteiger partial charge < -0.3 is 5.11 Å².